The zero-order valence-corrected chi connectivity index (χ0v) is 12.7. The van der Waals surface area contributed by atoms with Crippen LogP contribution < -0.4 is 5.32 Å². The largest absolute Gasteiger partial charge is 0.466 e. The van der Waals surface area contributed by atoms with E-state index < -0.39 is 16.9 Å². The summed E-state index contributed by atoms with van der Waals surface area (Å²) in [5, 5.41) is 13.3. The van der Waals surface area contributed by atoms with Crippen LogP contribution in [0.5, 0.6) is 0 Å². The number of nitro benzene ring substituents is 1. The fourth-order valence-electron chi connectivity index (χ4n) is 1.30. The normalized spacial score (nSPS) is 10.7. The third-order valence-corrected chi connectivity index (χ3v) is 2.99. The lowest BCUT2D eigenvalue weighted by Gasteiger charge is -2.10. The minimum Gasteiger partial charge on any atom is -0.466 e. The minimum atomic E-state index is -0.821. The van der Waals surface area contributed by atoms with Gasteiger partial charge in [-0.2, -0.15) is 0 Å². The Morgan fingerprint density at radius 3 is 2.52 bits per heavy atom. The molecule has 0 heterocycles. The average Bonchev–Trinajstić information content (AvgIpc) is 2.47. The van der Waals surface area contributed by atoms with Gasteiger partial charge in [-0.25, -0.2) is 9.59 Å². The Balaban J connectivity index is 3.17. The van der Waals surface area contributed by atoms with Crippen molar-refractivity contribution in [3.05, 3.63) is 44.6 Å². The average molecular weight is 359 g/mol. The Morgan fingerprint density at radius 1 is 1.33 bits per heavy atom. The zero-order valence-electron chi connectivity index (χ0n) is 11.1. The number of halogens is 1. The zero-order chi connectivity index (χ0) is 16.0. The molecule has 112 valence electrons. The number of nitro groups is 1. The summed E-state index contributed by atoms with van der Waals surface area (Å²) in [6.45, 7) is 0. The van der Waals surface area contributed by atoms with Crippen LogP contribution in [0.3, 0.4) is 0 Å². The fraction of sp³-hybridized carbons (Fsp3) is 0.167. The van der Waals surface area contributed by atoms with Gasteiger partial charge < -0.3 is 14.8 Å². The van der Waals surface area contributed by atoms with Crippen LogP contribution in [0.25, 0.3) is 0 Å². The molecule has 0 bridgehead atoms. The predicted molar refractivity (Wildman–Crippen MR) is 76.5 cm³/mol. The predicted octanol–water partition coefficient (Wildman–Crippen LogP) is 2.00. The third kappa shape index (κ3) is 4.56. The first kappa shape index (κ1) is 16.6. The highest BCUT2D eigenvalue weighted by molar-refractivity contribution is 9.10. The van der Waals surface area contributed by atoms with Crippen molar-refractivity contribution in [2.45, 2.75) is 0 Å². The highest BCUT2D eigenvalue weighted by Gasteiger charge is 2.16. The number of nitrogens with one attached hydrogen (secondary N) is 1. The van der Waals surface area contributed by atoms with Gasteiger partial charge in [0.25, 0.3) is 5.69 Å². The van der Waals surface area contributed by atoms with Gasteiger partial charge in [-0.3, -0.25) is 10.1 Å². The molecule has 0 fully saturated rings. The summed E-state index contributed by atoms with van der Waals surface area (Å²) in [6.07, 6.45) is 0.886. The van der Waals surface area contributed by atoms with Crippen LogP contribution in [0.4, 0.5) is 11.4 Å². The van der Waals surface area contributed by atoms with E-state index in [-0.39, 0.29) is 17.1 Å². The van der Waals surface area contributed by atoms with E-state index in [0.717, 1.165) is 20.3 Å². The molecule has 0 aliphatic heterocycles. The number of ether oxygens (including phenoxy) is 2. The lowest BCUT2D eigenvalue weighted by atomic mass is 10.2. The van der Waals surface area contributed by atoms with E-state index in [1.54, 1.807) is 0 Å². The number of carbonyl (C=O) groups excluding carboxylic acids is 2. The van der Waals surface area contributed by atoms with E-state index in [1.165, 1.54) is 18.2 Å². The number of methoxy groups -OCH3 is 2. The number of rotatable bonds is 5. The number of anilines is 1. The second-order valence-electron chi connectivity index (χ2n) is 3.62. The van der Waals surface area contributed by atoms with Crippen LogP contribution in [0.2, 0.25) is 0 Å². The van der Waals surface area contributed by atoms with E-state index >= 15 is 0 Å². The molecule has 0 saturated carbocycles. The highest BCUT2D eigenvalue weighted by Crippen LogP contribution is 2.28. The van der Waals surface area contributed by atoms with Gasteiger partial charge in [-0.15, -0.1) is 0 Å². The molecule has 21 heavy (non-hydrogen) atoms. The Kier molecular flexibility index (Phi) is 5.85. The standard InChI is InChI=1S/C12H11BrN2O6/c1-20-11(16)6-10(12(17)21-2)14-9-5-7(15(18)19)3-4-8(9)13/h3-6,14H,1-2H3/b10-6+. The molecule has 0 amide bonds. The Labute approximate surface area is 128 Å². The number of benzene rings is 1. The lowest BCUT2D eigenvalue weighted by Crippen LogP contribution is -2.15. The lowest BCUT2D eigenvalue weighted by molar-refractivity contribution is -0.384. The Bertz CT molecular complexity index is 614. The van der Waals surface area contributed by atoms with Crippen molar-refractivity contribution in [2.24, 2.45) is 0 Å². The second-order valence-corrected chi connectivity index (χ2v) is 4.47. The van der Waals surface area contributed by atoms with E-state index in [2.05, 4.69) is 30.7 Å². The molecule has 0 aromatic heterocycles. The third-order valence-electron chi connectivity index (χ3n) is 2.30. The van der Waals surface area contributed by atoms with E-state index in [4.69, 9.17) is 0 Å². The number of nitrogens with zero attached hydrogens (tertiary/aromatic N) is 1. The fourth-order valence-corrected chi connectivity index (χ4v) is 1.65. The molecular weight excluding hydrogens is 348 g/mol. The molecule has 0 unspecified atom stereocenters. The molecule has 0 radical (unpaired) electrons. The van der Waals surface area contributed by atoms with Gasteiger partial charge in [-0.05, 0) is 22.0 Å². The van der Waals surface area contributed by atoms with Crippen molar-refractivity contribution < 1.29 is 24.0 Å². The van der Waals surface area contributed by atoms with Crippen LogP contribution >= 0.6 is 15.9 Å². The van der Waals surface area contributed by atoms with Crippen LogP contribution in [-0.2, 0) is 19.1 Å². The SMILES string of the molecule is COC(=O)/C=C(/Nc1cc([N+](=O)[O-])ccc1Br)C(=O)OC. The quantitative estimate of drug-likeness (QED) is 0.371. The summed E-state index contributed by atoms with van der Waals surface area (Å²) < 4.78 is 9.41. The number of hydrogen-bond donors (Lipinski definition) is 1. The summed E-state index contributed by atoms with van der Waals surface area (Å²) in [7, 11) is 2.29. The highest BCUT2D eigenvalue weighted by atomic mass is 79.9. The molecule has 1 rings (SSSR count). The Morgan fingerprint density at radius 2 is 2.00 bits per heavy atom. The van der Waals surface area contributed by atoms with Gasteiger partial charge in [0.05, 0.1) is 30.9 Å². The summed E-state index contributed by atoms with van der Waals surface area (Å²) >= 11 is 3.18. The molecule has 0 atom stereocenters. The van der Waals surface area contributed by atoms with Crippen molar-refractivity contribution in [3.8, 4) is 0 Å². The summed E-state index contributed by atoms with van der Waals surface area (Å²) in [6, 6.07) is 3.93. The number of non-ortho nitro benzene ring substituents is 1. The van der Waals surface area contributed by atoms with E-state index in [1.807, 2.05) is 0 Å². The maximum Gasteiger partial charge on any atom is 0.354 e. The molecule has 1 aromatic carbocycles. The van der Waals surface area contributed by atoms with Crippen molar-refractivity contribution in [1.29, 1.82) is 0 Å². The molecule has 0 aliphatic rings. The van der Waals surface area contributed by atoms with Gasteiger partial charge in [-0.1, -0.05) is 0 Å². The first-order valence-electron chi connectivity index (χ1n) is 5.48. The van der Waals surface area contributed by atoms with Crippen LogP contribution in [0.15, 0.2) is 34.4 Å². The van der Waals surface area contributed by atoms with Crippen LogP contribution in [-0.4, -0.2) is 31.1 Å². The topological polar surface area (TPSA) is 108 Å². The summed E-state index contributed by atoms with van der Waals surface area (Å²) in [5.74, 6) is -1.59. The van der Waals surface area contributed by atoms with Gasteiger partial charge in [0.2, 0.25) is 0 Å². The first-order chi connectivity index (χ1) is 9.88. The second kappa shape index (κ2) is 7.39. The van der Waals surface area contributed by atoms with E-state index in [9.17, 15) is 19.7 Å². The van der Waals surface area contributed by atoms with Gasteiger partial charge in [0, 0.05) is 16.6 Å². The van der Waals surface area contributed by atoms with Crippen molar-refractivity contribution >= 4 is 39.2 Å². The number of hydrogen-bond acceptors (Lipinski definition) is 7. The van der Waals surface area contributed by atoms with E-state index in [0.29, 0.717) is 4.47 Å². The van der Waals surface area contributed by atoms with Gasteiger partial charge in [0.15, 0.2) is 0 Å². The van der Waals surface area contributed by atoms with Gasteiger partial charge >= 0.3 is 11.9 Å². The molecule has 0 saturated heterocycles. The summed E-state index contributed by atoms with van der Waals surface area (Å²) in [4.78, 5) is 33.0. The molecular formula is C12H11BrN2O6. The first-order valence-corrected chi connectivity index (χ1v) is 6.27. The molecule has 1 N–H and O–H groups in total. The smallest absolute Gasteiger partial charge is 0.354 e. The number of esters is 2. The minimum absolute atomic E-state index is 0.178. The molecule has 8 nitrogen and oxygen atoms in total. The van der Waals surface area contributed by atoms with Crippen molar-refractivity contribution in [3.63, 3.8) is 0 Å². The molecule has 9 heteroatoms. The monoisotopic (exact) mass is 358 g/mol. The van der Waals surface area contributed by atoms with Crippen LogP contribution in [0, 0.1) is 10.1 Å². The van der Waals surface area contributed by atoms with Gasteiger partial charge in [0.1, 0.15) is 5.70 Å². The molecule has 1 aromatic rings. The molecule has 0 spiro atoms. The number of carbonyl (C=O) groups is 2. The van der Waals surface area contributed by atoms with Crippen molar-refractivity contribution in [2.75, 3.05) is 19.5 Å². The Hall–Kier alpha value is -2.42. The molecule has 0 aliphatic carbocycles. The summed E-state index contributed by atoms with van der Waals surface area (Å²) in [5.41, 5.74) is -0.168. The maximum atomic E-state index is 11.6. The van der Waals surface area contributed by atoms with Crippen LogP contribution in [0.1, 0.15) is 0 Å². The van der Waals surface area contributed by atoms with Crippen molar-refractivity contribution in [1.82, 2.24) is 0 Å². The maximum absolute atomic E-state index is 11.6.